The molecule has 24 nitrogen and oxygen atoms in total. The molecular weight excluding hydrogens is 1290 g/mol. The van der Waals surface area contributed by atoms with Gasteiger partial charge in [0.15, 0.2) is 51.6 Å². The highest BCUT2D eigenvalue weighted by atomic mass is 35.5. The molecule has 0 bridgehead atoms. The summed E-state index contributed by atoms with van der Waals surface area (Å²) in [5, 5.41) is 24.1. The van der Waals surface area contributed by atoms with E-state index in [1.807, 2.05) is 97.5 Å². The van der Waals surface area contributed by atoms with Gasteiger partial charge < -0.3 is 58.1 Å². The van der Waals surface area contributed by atoms with Crippen molar-refractivity contribution in [2.45, 2.75) is 125 Å². The first kappa shape index (κ1) is 77.8. The van der Waals surface area contributed by atoms with Crippen molar-refractivity contribution in [2.24, 2.45) is 0 Å². The molecule has 2 aliphatic rings. The van der Waals surface area contributed by atoms with Gasteiger partial charge in [-0.25, -0.2) is 9.67 Å². The molecule has 0 aliphatic carbocycles. The van der Waals surface area contributed by atoms with E-state index in [0.717, 1.165) is 55.2 Å². The Kier molecular flexibility index (Phi) is 30.9. The lowest BCUT2D eigenvalue weighted by atomic mass is 10.00. The van der Waals surface area contributed by atoms with Crippen molar-refractivity contribution >= 4 is 77.6 Å². The van der Waals surface area contributed by atoms with E-state index in [1.54, 1.807) is 87.5 Å². The number of pyridine rings is 1. The number of amides is 4. The number of halogens is 1. The maximum atomic E-state index is 13.0. The van der Waals surface area contributed by atoms with Crippen molar-refractivity contribution in [1.29, 1.82) is 0 Å². The Bertz CT molecular complexity index is 3810. The zero-order valence-electron chi connectivity index (χ0n) is 57.5. The average Bonchev–Trinajstić information content (AvgIpc) is 1.81. The van der Waals surface area contributed by atoms with Crippen LogP contribution < -0.4 is 38.4 Å². The van der Waals surface area contributed by atoms with E-state index in [4.69, 9.17) is 44.8 Å². The maximum absolute atomic E-state index is 13.0. The molecule has 528 valence electrons. The van der Waals surface area contributed by atoms with Crippen LogP contribution >= 0.6 is 11.6 Å². The largest absolute Gasteiger partial charge is 0.507 e. The standard InChI is InChI=1S/C19H20ClNO3.C19H25NO6.C18H23N3O3.C18H20N2O5/c1-13(2)21(17-9-5-4-8-16(17)20)19(23)12-24-18-10-6-7-14(3)15(18)11-22;21-12-16-17(22)2-1-3-18(16)26-13-19(23)20(14-4-8-24-9-5-14)15-6-10-25-11-7-15;1-5-20-17(9-10-19-20)21(13(2)3)18(23)12-24-16-8-6-7-14(4)15(16)11-22;1-12(2)20(14-6-5-9-19-18(14)24-3)17(23)11-25-16-8-4-7-15(22)13(16)10-21/h4-11,13H,12H2,1-3H3;1-3,12,14-15,22H,4-11,13H2;6-11,13H,5,12H2,1-4H3;4-10,12,22H,11H2,1-3H3. The maximum Gasteiger partial charge on any atom is 0.266 e. The van der Waals surface area contributed by atoms with Crippen molar-refractivity contribution in [3.05, 3.63) is 166 Å². The number of methoxy groups -OCH3 is 1. The molecule has 9 rings (SSSR count). The van der Waals surface area contributed by atoms with Crippen LogP contribution in [0, 0.1) is 13.8 Å². The molecule has 99 heavy (non-hydrogen) atoms. The van der Waals surface area contributed by atoms with E-state index < -0.39 is 0 Å². The summed E-state index contributed by atoms with van der Waals surface area (Å²) >= 11 is 6.21. The van der Waals surface area contributed by atoms with Crippen LogP contribution in [0.2, 0.25) is 5.02 Å². The summed E-state index contributed by atoms with van der Waals surface area (Å²) in [5.41, 5.74) is 3.79. The van der Waals surface area contributed by atoms with E-state index in [0.29, 0.717) is 90.4 Å². The van der Waals surface area contributed by atoms with Gasteiger partial charge in [0.25, 0.3) is 23.6 Å². The lowest BCUT2D eigenvalue weighted by Gasteiger charge is -2.41. The van der Waals surface area contributed by atoms with E-state index in [1.165, 1.54) is 36.3 Å². The number of carbonyl (C=O) groups is 8. The second-order valence-corrected chi connectivity index (χ2v) is 23.9. The number of phenolic OH excluding ortho intramolecular Hbond substituents is 2. The first-order chi connectivity index (χ1) is 47.6. The lowest BCUT2D eigenvalue weighted by Crippen LogP contribution is -2.52. The first-order valence-corrected chi connectivity index (χ1v) is 32.9. The van der Waals surface area contributed by atoms with Crippen molar-refractivity contribution in [3.63, 3.8) is 0 Å². The molecule has 0 radical (unpaired) electrons. The molecule has 2 N–H and O–H groups in total. The van der Waals surface area contributed by atoms with Gasteiger partial charge in [-0.3, -0.25) is 43.3 Å². The Morgan fingerprint density at radius 1 is 0.525 bits per heavy atom. The number of aryl methyl sites for hydroxylation is 3. The van der Waals surface area contributed by atoms with Crippen LogP contribution in [0.3, 0.4) is 0 Å². The number of para-hydroxylation sites is 1. The highest BCUT2D eigenvalue weighted by Crippen LogP contribution is 2.32. The first-order valence-electron chi connectivity index (χ1n) is 32.5. The number of carbonyl (C=O) groups excluding carboxylic acids is 8. The fourth-order valence-corrected chi connectivity index (χ4v) is 11.3. The van der Waals surface area contributed by atoms with Crippen LogP contribution in [0.5, 0.6) is 40.4 Å². The topological polar surface area (TPSA) is 285 Å². The number of ether oxygens (including phenoxy) is 7. The predicted octanol–water partition coefficient (Wildman–Crippen LogP) is 11.3. The summed E-state index contributed by atoms with van der Waals surface area (Å²) in [6.45, 7) is 19.5. The monoisotopic (exact) mass is 1380 g/mol. The number of nitrogens with zero attached hydrogens (tertiary/aromatic N) is 7. The number of aromatic hydroxyl groups is 2. The van der Waals surface area contributed by atoms with E-state index in [-0.39, 0.29) is 114 Å². The second-order valence-electron chi connectivity index (χ2n) is 23.5. The molecule has 0 saturated carbocycles. The van der Waals surface area contributed by atoms with Crippen LogP contribution in [0.1, 0.15) is 127 Å². The number of hydrogen-bond donors (Lipinski definition) is 2. The van der Waals surface area contributed by atoms with Gasteiger partial charge in [0.2, 0.25) is 5.88 Å². The SMILES string of the molecule is CCn1nccc1N(C(=O)COc1cccc(C)c1C=O)C(C)C.COc1ncccc1N(C(=O)COc1cccc(O)c1C=O)C(C)C.Cc1cccc(OCC(=O)N(c2ccccc2Cl)C(C)C)c1C=O.O=Cc1c(O)cccc1OCC(=O)N(C1CCOCC1)C1CCOCC1. The van der Waals surface area contributed by atoms with Gasteiger partial charge in [-0.2, -0.15) is 5.10 Å². The average molecular weight is 1380 g/mol. The number of aldehydes is 4. The van der Waals surface area contributed by atoms with Crippen LogP contribution in [0.4, 0.5) is 17.2 Å². The number of benzene rings is 5. The Morgan fingerprint density at radius 3 is 1.33 bits per heavy atom. The van der Waals surface area contributed by atoms with Crippen molar-refractivity contribution < 1.29 is 81.7 Å². The smallest absolute Gasteiger partial charge is 0.266 e. The number of anilines is 3. The molecule has 2 fully saturated rings. The van der Waals surface area contributed by atoms with Gasteiger partial charge >= 0.3 is 0 Å². The van der Waals surface area contributed by atoms with Gasteiger partial charge in [-0.15, -0.1) is 0 Å². The Morgan fingerprint density at radius 2 is 0.919 bits per heavy atom. The normalized spacial score (nSPS) is 12.8. The van der Waals surface area contributed by atoms with Crippen LogP contribution in [-0.4, -0.2) is 169 Å². The molecule has 4 amide bonds. The van der Waals surface area contributed by atoms with Crippen molar-refractivity contribution in [3.8, 4) is 40.4 Å². The molecule has 7 aromatic rings. The van der Waals surface area contributed by atoms with E-state index in [9.17, 15) is 48.6 Å². The zero-order chi connectivity index (χ0) is 72.1. The minimum Gasteiger partial charge on any atom is -0.507 e. The highest BCUT2D eigenvalue weighted by molar-refractivity contribution is 6.33. The van der Waals surface area contributed by atoms with Gasteiger partial charge in [-0.1, -0.05) is 60.1 Å². The molecule has 5 aromatic carbocycles. The summed E-state index contributed by atoms with van der Waals surface area (Å²) in [5.74, 6) is 1.05. The van der Waals surface area contributed by atoms with Crippen LogP contribution in [-0.2, 0) is 35.2 Å². The van der Waals surface area contributed by atoms with Crippen molar-refractivity contribution in [2.75, 3.05) is 74.7 Å². The summed E-state index contributed by atoms with van der Waals surface area (Å²) < 4.78 is 40.1. The van der Waals surface area contributed by atoms with Gasteiger partial charge in [0.1, 0.15) is 46.0 Å². The van der Waals surface area contributed by atoms with E-state index >= 15 is 0 Å². The summed E-state index contributed by atoms with van der Waals surface area (Å²) in [6.07, 6.45) is 9.01. The number of hydrogen-bond acceptors (Lipinski definition) is 19. The summed E-state index contributed by atoms with van der Waals surface area (Å²) in [6, 6.07) is 32.0. The molecule has 2 aromatic heterocycles. The van der Waals surface area contributed by atoms with Gasteiger partial charge in [0, 0.05) is 75.4 Å². The fraction of sp³-hybridized carbons (Fsp3) is 0.378. The van der Waals surface area contributed by atoms with E-state index in [2.05, 4.69) is 10.1 Å². The molecule has 4 heterocycles. The highest BCUT2D eigenvalue weighted by Gasteiger charge is 2.34. The Hall–Kier alpha value is -10.2. The molecule has 0 unspecified atom stereocenters. The lowest BCUT2D eigenvalue weighted by molar-refractivity contribution is -0.143. The van der Waals surface area contributed by atoms with Crippen LogP contribution in [0.25, 0.3) is 0 Å². The number of rotatable bonds is 26. The third kappa shape index (κ3) is 21.4. The zero-order valence-corrected chi connectivity index (χ0v) is 58.3. The third-order valence-electron chi connectivity index (χ3n) is 15.9. The summed E-state index contributed by atoms with van der Waals surface area (Å²) in [7, 11) is 1.48. The second kappa shape index (κ2) is 39.3. The number of aromatic nitrogens is 3. The minimum atomic E-state index is -0.332. The molecule has 0 atom stereocenters. The Labute approximate surface area is 582 Å². The molecule has 2 saturated heterocycles. The van der Waals surface area contributed by atoms with Gasteiger partial charge in [-0.05, 0) is 160 Å². The van der Waals surface area contributed by atoms with Crippen LogP contribution in [0.15, 0.2) is 128 Å². The summed E-state index contributed by atoms with van der Waals surface area (Å²) in [4.78, 5) is 106. The Balaban J connectivity index is 0.000000208. The molecule has 0 spiro atoms. The number of phenols is 2. The molecule has 25 heteroatoms. The predicted molar refractivity (Wildman–Crippen MR) is 375 cm³/mol. The quantitative estimate of drug-likeness (QED) is 0.0476. The fourth-order valence-electron chi connectivity index (χ4n) is 11.1. The minimum absolute atomic E-state index is 0.00496. The van der Waals surface area contributed by atoms with Gasteiger partial charge in [0.05, 0.1) is 46.3 Å². The third-order valence-corrected chi connectivity index (χ3v) is 16.2. The van der Waals surface area contributed by atoms with Crippen molar-refractivity contribution in [1.82, 2.24) is 19.7 Å². The molecular formula is C74H88ClN7O17. The molecule has 2 aliphatic heterocycles.